The van der Waals surface area contributed by atoms with Gasteiger partial charge >= 0.3 is 0 Å². The molecule has 112 valence electrons. The quantitative estimate of drug-likeness (QED) is 0.561. The Labute approximate surface area is 123 Å². The monoisotopic (exact) mass is 277 g/mol. The van der Waals surface area contributed by atoms with Gasteiger partial charge in [-0.05, 0) is 65.4 Å². The van der Waals surface area contributed by atoms with Crippen molar-refractivity contribution in [3.63, 3.8) is 0 Å². The lowest BCUT2D eigenvalue weighted by molar-refractivity contribution is -0.172. The molecule has 0 aromatic rings. The molecule has 0 saturated heterocycles. The average molecular weight is 277 g/mol. The normalized spacial score (nSPS) is 31.4. The fourth-order valence-electron chi connectivity index (χ4n) is 2.55. The Kier molecular flexibility index (Phi) is 6.98. The molecule has 0 aliphatic heterocycles. The largest absolute Gasteiger partial charge is 0.353 e. The van der Waals surface area contributed by atoms with E-state index >= 15 is 0 Å². The molecule has 0 aromatic carbocycles. The Morgan fingerprint density at radius 2 is 2.10 bits per heavy atom. The second-order valence-corrected chi connectivity index (χ2v) is 5.45. The van der Waals surface area contributed by atoms with Crippen LogP contribution in [0.3, 0.4) is 0 Å². The summed E-state index contributed by atoms with van der Waals surface area (Å²) < 4.78 is 11.4. The van der Waals surface area contributed by atoms with Crippen LogP contribution in [0.5, 0.6) is 0 Å². The molecule has 0 fully saturated rings. The van der Waals surface area contributed by atoms with Gasteiger partial charge in [0.1, 0.15) is 6.07 Å². The number of hydrogen-bond donors (Lipinski definition) is 0. The van der Waals surface area contributed by atoms with Crippen molar-refractivity contribution in [3.8, 4) is 6.07 Å². The minimum Gasteiger partial charge on any atom is -0.353 e. The topological polar surface area (TPSA) is 42.2 Å². The highest BCUT2D eigenvalue weighted by Crippen LogP contribution is 2.31. The third-order valence-electron chi connectivity index (χ3n) is 3.80. The smallest absolute Gasteiger partial charge is 0.178 e. The highest BCUT2D eigenvalue weighted by Gasteiger charge is 2.34. The lowest BCUT2D eigenvalue weighted by Gasteiger charge is -2.31. The minimum atomic E-state index is -0.840. The van der Waals surface area contributed by atoms with Crippen LogP contribution in [0.25, 0.3) is 0 Å². The first kappa shape index (κ1) is 16.9. The minimum absolute atomic E-state index is 0.358. The molecule has 0 amide bonds. The van der Waals surface area contributed by atoms with Gasteiger partial charge in [0, 0.05) is 6.61 Å². The molecule has 0 spiro atoms. The Bertz CT molecular complexity index is 406. The van der Waals surface area contributed by atoms with E-state index in [4.69, 9.17) is 9.47 Å². The van der Waals surface area contributed by atoms with E-state index in [1.807, 2.05) is 20.8 Å². The molecular formula is C17H27NO2. The zero-order valence-electron chi connectivity index (χ0n) is 13.2. The lowest BCUT2D eigenvalue weighted by Crippen LogP contribution is -2.37. The van der Waals surface area contributed by atoms with Crippen molar-refractivity contribution in [2.75, 3.05) is 6.61 Å². The van der Waals surface area contributed by atoms with Crippen molar-refractivity contribution in [2.24, 2.45) is 0 Å². The first-order valence-electron chi connectivity index (χ1n) is 7.57. The molecule has 2 unspecified atom stereocenters. The fourth-order valence-corrected chi connectivity index (χ4v) is 2.55. The summed E-state index contributed by atoms with van der Waals surface area (Å²) in [6.07, 6.45) is 8.76. The number of hydrogen-bond acceptors (Lipinski definition) is 3. The molecule has 0 heterocycles. The van der Waals surface area contributed by atoms with Crippen molar-refractivity contribution in [1.29, 1.82) is 5.26 Å². The van der Waals surface area contributed by atoms with Gasteiger partial charge in [-0.2, -0.15) is 5.26 Å². The van der Waals surface area contributed by atoms with E-state index in [-0.39, 0.29) is 6.29 Å². The Hall–Kier alpha value is -1.11. The number of rotatable bonds is 4. The highest BCUT2D eigenvalue weighted by molar-refractivity contribution is 5.26. The molecule has 0 aromatic heterocycles. The Morgan fingerprint density at radius 3 is 2.75 bits per heavy atom. The van der Waals surface area contributed by atoms with Crippen LogP contribution in [0.15, 0.2) is 23.3 Å². The molecular weight excluding hydrogens is 250 g/mol. The van der Waals surface area contributed by atoms with E-state index < -0.39 is 5.60 Å². The van der Waals surface area contributed by atoms with E-state index in [2.05, 4.69) is 25.1 Å². The van der Waals surface area contributed by atoms with E-state index in [1.54, 1.807) is 0 Å². The lowest BCUT2D eigenvalue weighted by atomic mass is 9.88. The molecule has 1 rings (SSSR count). The van der Waals surface area contributed by atoms with Gasteiger partial charge in [-0.3, -0.25) is 0 Å². The maximum absolute atomic E-state index is 9.67. The summed E-state index contributed by atoms with van der Waals surface area (Å²) in [5, 5.41) is 9.67. The SMILES string of the molecule is CCOC(C)OC1(C#N)CCC/C=C(/C)CC/C=C\1C. The molecule has 0 saturated carbocycles. The molecule has 0 N–H and O–H groups in total. The Morgan fingerprint density at radius 1 is 1.35 bits per heavy atom. The van der Waals surface area contributed by atoms with Crippen LogP contribution in [0, 0.1) is 11.3 Å². The standard InChI is InChI=1S/C17H27NO2/c1-5-19-16(4)20-17(13-18)12-7-6-9-14(2)10-8-11-15(17)3/h9,11,16H,5-8,10,12H2,1-4H3/b14-9-,15-11-. The van der Waals surface area contributed by atoms with Gasteiger partial charge in [0.15, 0.2) is 11.9 Å². The van der Waals surface area contributed by atoms with E-state index in [0.29, 0.717) is 13.0 Å². The van der Waals surface area contributed by atoms with Crippen LogP contribution >= 0.6 is 0 Å². The van der Waals surface area contributed by atoms with Crippen molar-refractivity contribution in [1.82, 2.24) is 0 Å². The fraction of sp³-hybridized carbons (Fsp3) is 0.706. The molecule has 3 nitrogen and oxygen atoms in total. The van der Waals surface area contributed by atoms with Gasteiger partial charge < -0.3 is 9.47 Å². The number of allylic oxidation sites excluding steroid dienone is 3. The van der Waals surface area contributed by atoms with Crippen LogP contribution < -0.4 is 0 Å². The molecule has 0 radical (unpaired) electrons. The second-order valence-electron chi connectivity index (χ2n) is 5.45. The highest BCUT2D eigenvalue weighted by atomic mass is 16.7. The van der Waals surface area contributed by atoms with Gasteiger partial charge in [-0.1, -0.05) is 17.7 Å². The zero-order valence-corrected chi connectivity index (χ0v) is 13.2. The van der Waals surface area contributed by atoms with Crippen LogP contribution in [-0.4, -0.2) is 18.5 Å². The van der Waals surface area contributed by atoms with Crippen LogP contribution in [0.4, 0.5) is 0 Å². The molecule has 1 aliphatic rings. The van der Waals surface area contributed by atoms with Crippen LogP contribution in [-0.2, 0) is 9.47 Å². The van der Waals surface area contributed by atoms with Crippen molar-refractivity contribution >= 4 is 0 Å². The van der Waals surface area contributed by atoms with Gasteiger partial charge in [0.2, 0.25) is 0 Å². The van der Waals surface area contributed by atoms with Crippen LogP contribution in [0.1, 0.15) is 59.8 Å². The molecule has 0 bridgehead atoms. The third kappa shape index (κ3) is 4.77. The van der Waals surface area contributed by atoms with Crippen molar-refractivity contribution in [3.05, 3.63) is 23.3 Å². The first-order valence-corrected chi connectivity index (χ1v) is 7.57. The third-order valence-corrected chi connectivity index (χ3v) is 3.80. The molecule has 20 heavy (non-hydrogen) atoms. The maximum Gasteiger partial charge on any atom is 0.178 e. The zero-order chi connectivity index (χ0) is 15.0. The van der Waals surface area contributed by atoms with E-state index in [1.165, 1.54) is 5.57 Å². The van der Waals surface area contributed by atoms with Crippen LogP contribution in [0.2, 0.25) is 0 Å². The van der Waals surface area contributed by atoms with Gasteiger partial charge in [0.05, 0.1) is 0 Å². The second kappa shape index (κ2) is 8.24. The van der Waals surface area contributed by atoms with Gasteiger partial charge in [-0.15, -0.1) is 0 Å². The predicted molar refractivity (Wildman–Crippen MR) is 81.1 cm³/mol. The number of nitrogens with zero attached hydrogens (tertiary/aromatic N) is 1. The summed E-state index contributed by atoms with van der Waals surface area (Å²) in [7, 11) is 0. The van der Waals surface area contributed by atoms with Crippen molar-refractivity contribution in [2.45, 2.75) is 71.7 Å². The molecule has 2 atom stereocenters. The molecule has 3 heteroatoms. The van der Waals surface area contributed by atoms with Gasteiger partial charge in [0.25, 0.3) is 0 Å². The van der Waals surface area contributed by atoms with Gasteiger partial charge in [-0.25, -0.2) is 0 Å². The summed E-state index contributed by atoms with van der Waals surface area (Å²) in [4.78, 5) is 0. The predicted octanol–water partition coefficient (Wildman–Crippen LogP) is 4.50. The summed E-state index contributed by atoms with van der Waals surface area (Å²) in [5.74, 6) is 0. The summed E-state index contributed by atoms with van der Waals surface area (Å²) in [6, 6.07) is 2.39. The summed E-state index contributed by atoms with van der Waals surface area (Å²) >= 11 is 0. The average Bonchev–Trinajstić information content (AvgIpc) is 2.41. The maximum atomic E-state index is 9.67. The molecule has 1 aliphatic carbocycles. The summed E-state index contributed by atoms with van der Waals surface area (Å²) in [6.45, 7) is 8.56. The number of ether oxygens (including phenoxy) is 2. The Balaban J connectivity index is 2.90. The van der Waals surface area contributed by atoms with Crippen molar-refractivity contribution < 1.29 is 9.47 Å². The van der Waals surface area contributed by atoms with E-state index in [0.717, 1.165) is 31.3 Å². The first-order chi connectivity index (χ1) is 9.54. The number of nitriles is 1. The summed E-state index contributed by atoms with van der Waals surface area (Å²) in [5.41, 5.74) is 1.61. The van der Waals surface area contributed by atoms with E-state index in [9.17, 15) is 5.26 Å².